The first-order chi connectivity index (χ1) is 7.99. The molecule has 0 amide bonds. The van der Waals surface area contributed by atoms with Gasteiger partial charge in [0.15, 0.2) is 0 Å². The number of ketones is 1. The zero-order valence-electron chi connectivity index (χ0n) is 10.6. The summed E-state index contributed by atoms with van der Waals surface area (Å²) in [6.45, 7) is 6.55. The Morgan fingerprint density at radius 3 is 2.71 bits per heavy atom. The van der Waals surface area contributed by atoms with Crippen molar-refractivity contribution < 1.29 is 9.53 Å². The number of rotatable bonds is 6. The van der Waals surface area contributed by atoms with Crippen molar-refractivity contribution in [3.8, 4) is 5.75 Å². The van der Waals surface area contributed by atoms with Crippen LogP contribution in [0.1, 0.15) is 26.3 Å². The van der Waals surface area contributed by atoms with Crippen molar-refractivity contribution in [3.05, 3.63) is 29.8 Å². The predicted octanol–water partition coefficient (Wildman–Crippen LogP) is 3.62. The van der Waals surface area contributed by atoms with Gasteiger partial charge in [-0.3, -0.25) is 4.79 Å². The van der Waals surface area contributed by atoms with Crippen LogP contribution in [0.2, 0.25) is 0 Å². The Bertz CT molecular complexity index is 374. The van der Waals surface area contributed by atoms with Crippen LogP contribution in [-0.4, -0.2) is 17.2 Å². The Hall–Kier alpha value is -0.830. The summed E-state index contributed by atoms with van der Waals surface area (Å²) >= 11 is 3.38. The van der Waals surface area contributed by atoms with Crippen LogP contribution in [0, 0.1) is 5.92 Å². The molecule has 0 radical (unpaired) electrons. The van der Waals surface area contributed by atoms with Crippen LogP contribution in [0.3, 0.4) is 0 Å². The van der Waals surface area contributed by atoms with Crippen LogP contribution in [0.25, 0.3) is 0 Å². The standard InChI is InChI=1S/C14H19BrO2/c1-10(2)9-17-13-6-4-5-12(7-13)8-14(15)11(3)16/h4-7,10,14H,8-9H2,1-3H3. The monoisotopic (exact) mass is 298 g/mol. The van der Waals surface area contributed by atoms with Gasteiger partial charge in [0.05, 0.1) is 11.4 Å². The molecule has 94 valence electrons. The first-order valence-electron chi connectivity index (χ1n) is 5.85. The number of Topliss-reactive ketones (excluding diaryl/α,β-unsaturated/α-hetero) is 1. The zero-order chi connectivity index (χ0) is 12.8. The van der Waals surface area contributed by atoms with Gasteiger partial charge in [-0.05, 0) is 37.0 Å². The minimum absolute atomic E-state index is 0.108. The molecule has 1 aromatic rings. The van der Waals surface area contributed by atoms with Crippen molar-refractivity contribution in [2.45, 2.75) is 32.0 Å². The maximum absolute atomic E-state index is 11.2. The number of ether oxygens (including phenoxy) is 1. The molecule has 17 heavy (non-hydrogen) atoms. The third-order valence-electron chi connectivity index (χ3n) is 2.34. The summed E-state index contributed by atoms with van der Waals surface area (Å²) in [5.74, 6) is 1.54. The summed E-state index contributed by atoms with van der Waals surface area (Å²) in [4.78, 5) is 11.1. The molecule has 0 fully saturated rings. The van der Waals surface area contributed by atoms with E-state index in [4.69, 9.17) is 4.74 Å². The Morgan fingerprint density at radius 2 is 2.12 bits per heavy atom. The Balaban J connectivity index is 2.62. The van der Waals surface area contributed by atoms with E-state index in [0.717, 1.165) is 11.3 Å². The van der Waals surface area contributed by atoms with E-state index in [2.05, 4.69) is 29.8 Å². The van der Waals surface area contributed by atoms with Gasteiger partial charge in [0.25, 0.3) is 0 Å². The van der Waals surface area contributed by atoms with Crippen molar-refractivity contribution in [3.63, 3.8) is 0 Å². The second-order valence-corrected chi connectivity index (χ2v) is 5.74. The summed E-state index contributed by atoms with van der Waals surface area (Å²) in [5, 5.41) is 0. The lowest BCUT2D eigenvalue weighted by Gasteiger charge is -2.11. The summed E-state index contributed by atoms with van der Waals surface area (Å²) in [6.07, 6.45) is 0.703. The lowest BCUT2D eigenvalue weighted by molar-refractivity contribution is -0.116. The first kappa shape index (κ1) is 14.2. The highest BCUT2D eigenvalue weighted by Crippen LogP contribution is 2.18. The second kappa shape index (κ2) is 6.80. The topological polar surface area (TPSA) is 26.3 Å². The van der Waals surface area contributed by atoms with Gasteiger partial charge in [0.2, 0.25) is 0 Å². The van der Waals surface area contributed by atoms with E-state index in [1.807, 2.05) is 24.3 Å². The molecule has 2 nitrogen and oxygen atoms in total. The Kier molecular flexibility index (Phi) is 5.69. The molecule has 0 saturated carbocycles. The molecule has 0 aromatic heterocycles. The summed E-state index contributed by atoms with van der Waals surface area (Å²) in [7, 11) is 0. The maximum Gasteiger partial charge on any atom is 0.143 e. The molecule has 3 heteroatoms. The molecule has 0 spiro atoms. The van der Waals surface area contributed by atoms with Crippen LogP contribution in [-0.2, 0) is 11.2 Å². The molecule has 0 aliphatic rings. The van der Waals surface area contributed by atoms with Gasteiger partial charge < -0.3 is 4.74 Å². The van der Waals surface area contributed by atoms with Crippen LogP contribution >= 0.6 is 15.9 Å². The number of hydrogen-bond acceptors (Lipinski definition) is 2. The number of halogens is 1. The molecular formula is C14H19BrO2. The van der Waals surface area contributed by atoms with Gasteiger partial charge in [0, 0.05) is 0 Å². The molecule has 1 rings (SSSR count). The molecule has 1 atom stereocenters. The fourth-order valence-electron chi connectivity index (χ4n) is 1.38. The minimum Gasteiger partial charge on any atom is -0.493 e. The fourth-order valence-corrected chi connectivity index (χ4v) is 1.75. The number of benzene rings is 1. The van der Waals surface area contributed by atoms with E-state index in [-0.39, 0.29) is 10.6 Å². The van der Waals surface area contributed by atoms with E-state index in [1.54, 1.807) is 6.92 Å². The number of carbonyl (C=O) groups excluding carboxylic acids is 1. The molecule has 1 aromatic carbocycles. The lowest BCUT2D eigenvalue weighted by Crippen LogP contribution is -2.12. The van der Waals surface area contributed by atoms with Crippen molar-refractivity contribution in [1.82, 2.24) is 0 Å². The Labute approximate surface area is 111 Å². The van der Waals surface area contributed by atoms with Crippen LogP contribution in [0.15, 0.2) is 24.3 Å². The van der Waals surface area contributed by atoms with Crippen molar-refractivity contribution in [2.75, 3.05) is 6.61 Å². The molecule has 0 N–H and O–H groups in total. The number of hydrogen-bond donors (Lipinski definition) is 0. The van der Waals surface area contributed by atoms with E-state index in [0.29, 0.717) is 18.9 Å². The largest absolute Gasteiger partial charge is 0.493 e. The molecule has 0 bridgehead atoms. The predicted molar refractivity (Wildman–Crippen MR) is 73.9 cm³/mol. The van der Waals surface area contributed by atoms with Gasteiger partial charge in [0.1, 0.15) is 11.5 Å². The third-order valence-corrected chi connectivity index (χ3v) is 3.31. The Morgan fingerprint density at radius 1 is 1.41 bits per heavy atom. The maximum atomic E-state index is 11.2. The average Bonchev–Trinajstić information content (AvgIpc) is 2.26. The van der Waals surface area contributed by atoms with Gasteiger partial charge >= 0.3 is 0 Å². The summed E-state index contributed by atoms with van der Waals surface area (Å²) in [5.41, 5.74) is 1.11. The van der Waals surface area contributed by atoms with Gasteiger partial charge in [-0.2, -0.15) is 0 Å². The SMILES string of the molecule is CC(=O)C(Br)Cc1cccc(OCC(C)C)c1. The first-order valence-corrected chi connectivity index (χ1v) is 6.77. The van der Waals surface area contributed by atoms with Crippen molar-refractivity contribution in [1.29, 1.82) is 0 Å². The van der Waals surface area contributed by atoms with Gasteiger partial charge in [-0.1, -0.05) is 41.9 Å². The minimum atomic E-state index is -0.108. The molecule has 0 heterocycles. The normalized spacial score (nSPS) is 12.5. The third kappa shape index (κ3) is 5.35. The molecule has 0 aliphatic heterocycles. The quantitative estimate of drug-likeness (QED) is 0.750. The highest BCUT2D eigenvalue weighted by Gasteiger charge is 2.10. The molecule has 1 unspecified atom stereocenters. The zero-order valence-corrected chi connectivity index (χ0v) is 12.2. The van der Waals surface area contributed by atoms with Gasteiger partial charge in [-0.15, -0.1) is 0 Å². The van der Waals surface area contributed by atoms with Crippen molar-refractivity contribution in [2.24, 2.45) is 5.92 Å². The van der Waals surface area contributed by atoms with E-state index < -0.39 is 0 Å². The van der Waals surface area contributed by atoms with E-state index in [9.17, 15) is 4.79 Å². The number of alkyl halides is 1. The van der Waals surface area contributed by atoms with E-state index in [1.165, 1.54) is 0 Å². The molecule has 0 aliphatic carbocycles. The average molecular weight is 299 g/mol. The van der Waals surface area contributed by atoms with Crippen molar-refractivity contribution >= 4 is 21.7 Å². The van der Waals surface area contributed by atoms with Crippen LogP contribution in [0.4, 0.5) is 0 Å². The summed E-state index contributed by atoms with van der Waals surface area (Å²) < 4.78 is 5.65. The van der Waals surface area contributed by atoms with Crippen LogP contribution in [0.5, 0.6) is 5.75 Å². The van der Waals surface area contributed by atoms with Crippen LogP contribution < -0.4 is 4.74 Å². The van der Waals surface area contributed by atoms with Gasteiger partial charge in [-0.25, -0.2) is 0 Å². The van der Waals surface area contributed by atoms with E-state index >= 15 is 0 Å². The number of carbonyl (C=O) groups is 1. The molecular weight excluding hydrogens is 280 g/mol. The highest BCUT2D eigenvalue weighted by atomic mass is 79.9. The lowest BCUT2D eigenvalue weighted by atomic mass is 10.1. The smallest absolute Gasteiger partial charge is 0.143 e. The molecule has 0 saturated heterocycles. The highest BCUT2D eigenvalue weighted by molar-refractivity contribution is 9.10. The second-order valence-electron chi connectivity index (χ2n) is 4.63. The fraction of sp³-hybridized carbons (Fsp3) is 0.500. The summed E-state index contributed by atoms with van der Waals surface area (Å²) in [6, 6.07) is 7.92.